The van der Waals surface area contributed by atoms with E-state index in [0.717, 1.165) is 36.5 Å². The predicted molar refractivity (Wildman–Crippen MR) is 130 cm³/mol. The number of hydrogen-bond donors (Lipinski definition) is 6. The molecule has 0 amide bonds. The molecule has 1 aliphatic carbocycles. The zero-order valence-electron chi connectivity index (χ0n) is 18.8. The first-order valence-electron chi connectivity index (χ1n) is 11.2. The number of aromatic nitrogens is 4. The van der Waals surface area contributed by atoms with Crippen molar-refractivity contribution >= 4 is 34.6 Å². The number of nitrogens with one attached hydrogen (secondary N) is 5. The number of benzene rings is 2. The van der Waals surface area contributed by atoms with E-state index in [1.165, 1.54) is 12.1 Å². The van der Waals surface area contributed by atoms with E-state index in [1.807, 2.05) is 6.07 Å². The number of anilines is 6. The molecule has 0 saturated heterocycles. The van der Waals surface area contributed by atoms with Gasteiger partial charge in [-0.1, -0.05) is 12.1 Å². The fourth-order valence-electron chi connectivity index (χ4n) is 3.57. The highest BCUT2D eigenvalue weighted by molar-refractivity contribution is 5.63. The lowest BCUT2D eigenvalue weighted by Crippen LogP contribution is -2.28. The molecule has 12 heteroatoms. The zero-order valence-corrected chi connectivity index (χ0v) is 18.8. The molecule has 6 N–H and O–H groups in total. The maximum Gasteiger partial charge on any atom is 0.416 e. The van der Waals surface area contributed by atoms with E-state index < -0.39 is 18.1 Å². The van der Waals surface area contributed by atoms with Crippen molar-refractivity contribution in [2.75, 3.05) is 21.3 Å². The van der Waals surface area contributed by atoms with Gasteiger partial charge in [-0.2, -0.15) is 23.3 Å². The van der Waals surface area contributed by atoms with Crippen LogP contribution in [-0.4, -0.2) is 31.6 Å². The Kier molecular flexibility index (Phi) is 6.34. The molecule has 0 unspecified atom stereocenters. The van der Waals surface area contributed by atoms with Crippen LogP contribution in [0.15, 0.2) is 66.9 Å². The van der Waals surface area contributed by atoms with Gasteiger partial charge in [0.15, 0.2) is 0 Å². The Balaban J connectivity index is 1.20. The Hall–Kier alpha value is -4.32. The van der Waals surface area contributed by atoms with Crippen LogP contribution in [0.1, 0.15) is 30.0 Å². The maximum absolute atomic E-state index is 12.9. The molecular weight excluding hydrogens is 473 g/mol. The number of hydrogen-bond acceptors (Lipinski definition) is 8. The van der Waals surface area contributed by atoms with Crippen molar-refractivity contribution in [1.82, 2.24) is 20.2 Å². The first-order chi connectivity index (χ1) is 17.3. The van der Waals surface area contributed by atoms with Gasteiger partial charge in [0.2, 0.25) is 12.3 Å². The largest absolute Gasteiger partial charge is 0.416 e. The molecule has 36 heavy (non-hydrogen) atoms. The number of alkyl halides is 3. The fourth-order valence-corrected chi connectivity index (χ4v) is 3.57. The maximum atomic E-state index is 12.9. The van der Waals surface area contributed by atoms with Gasteiger partial charge < -0.3 is 26.4 Å². The van der Waals surface area contributed by atoms with Gasteiger partial charge in [0.25, 0.3) is 0 Å². The van der Waals surface area contributed by atoms with Crippen LogP contribution < -0.4 is 21.3 Å². The molecule has 9 nitrogen and oxygen atoms in total. The second-order valence-electron chi connectivity index (χ2n) is 8.35. The summed E-state index contributed by atoms with van der Waals surface area (Å²) in [5, 5.41) is 29.2. The molecule has 1 saturated carbocycles. The lowest BCUT2D eigenvalue weighted by molar-refractivity contribution is -0.137. The van der Waals surface area contributed by atoms with E-state index in [2.05, 4.69) is 41.4 Å². The SMILES string of the molecule is O[C@H](Nc1cccc(Nc2nccc(Nc3cc(C4CC4)n[nH]3)n2)c1)Nc1cccc(C(F)(F)F)c1. The second-order valence-corrected chi connectivity index (χ2v) is 8.35. The van der Waals surface area contributed by atoms with Gasteiger partial charge in [0.05, 0.1) is 11.3 Å². The van der Waals surface area contributed by atoms with Crippen molar-refractivity contribution in [3.63, 3.8) is 0 Å². The van der Waals surface area contributed by atoms with E-state index in [9.17, 15) is 18.3 Å². The Bertz CT molecular complexity index is 1340. The summed E-state index contributed by atoms with van der Waals surface area (Å²) < 4.78 is 38.7. The van der Waals surface area contributed by atoms with Gasteiger partial charge in [0.1, 0.15) is 11.6 Å². The number of aliphatic hydroxyl groups is 1. The Labute approximate surface area is 204 Å². The minimum atomic E-state index is -4.47. The van der Waals surface area contributed by atoms with E-state index in [1.54, 1.807) is 36.5 Å². The number of rotatable bonds is 9. The highest BCUT2D eigenvalue weighted by atomic mass is 19.4. The predicted octanol–water partition coefficient (Wildman–Crippen LogP) is 5.38. The third-order valence-electron chi connectivity index (χ3n) is 5.43. The highest BCUT2D eigenvalue weighted by Gasteiger charge is 2.30. The van der Waals surface area contributed by atoms with E-state index in [4.69, 9.17) is 0 Å². The molecule has 2 heterocycles. The molecule has 1 fully saturated rings. The van der Waals surface area contributed by atoms with Crippen molar-refractivity contribution in [3.05, 3.63) is 78.1 Å². The number of aliphatic hydroxyl groups excluding tert-OH is 1. The molecule has 4 aromatic rings. The third-order valence-corrected chi connectivity index (χ3v) is 5.43. The van der Waals surface area contributed by atoms with Gasteiger partial charge in [-0.25, -0.2) is 4.98 Å². The third kappa shape index (κ3) is 6.02. The van der Waals surface area contributed by atoms with Crippen LogP contribution in [-0.2, 0) is 6.18 Å². The smallest absolute Gasteiger partial charge is 0.357 e. The van der Waals surface area contributed by atoms with E-state index in [-0.39, 0.29) is 5.69 Å². The van der Waals surface area contributed by atoms with Gasteiger partial charge in [-0.15, -0.1) is 0 Å². The van der Waals surface area contributed by atoms with Crippen LogP contribution in [0.4, 0.5) is 47.8 Å². The summed E-state index contributed by atoms with van der Waals surface area (Å²) >= 11 is 0. The summed E-state index contributed by atoms with van der Waals surface area (Å²) in [6.07, 6.45) is -1.86. The molecule has 0 bridgehead atoms. The fraction of sp³-hybridized carbons (Fsp3) is 0.208. The Morgan fingerprint density at radius 3 is 2.39 bits per heavy atom. The average molecular weight is 496 g/mol. The molecule has 0 spiro atoms. The van der Waals surface area contributed by atoms with Crippen LogP contribution in [0.3, 0.4) is 0 Å². The Morgan fingerprint density at radius 2 is 1.64 bits per heavy atom. The zero-order chi connectivity index (χ0) is 25.1. The number of aromatic amines is 1. The first-order valence-corrected chi connectivity index (χ1v) is 11.2. The van der Waals surface area contributed by atoms with Crippen LogP contribution in [0, 0.1) is 0 Å². The van der Waals surface area contributed by atoms with Crippen molar-refractivity contribution < 1.29 is 18.3 Å². The van der Waals surface area contributed by atoms with Gasteiger partial charge in [-0.3, -0.25) is 5.10 Å². The average Bonchev–Trinajstić information content (AvgIpc) is 3.58. The minimum Gasteiger partial charge on any atom is -0.357 e. The summed E-state index contributed by atoms with van der Waals surface area (Å²) in [6.45, 7) is 0. The second kappa shape index (κ2) is 9.74. The van der Waals surface area contributed by atoms with Crippen molar-refractivity contribution in [3.8, 4) is 0 Å². The van der Waals surface area contributed by atoms with Gasteiger partial charge in [0, 0.05) is 35.2 Å². The van der Waals surface area contributed by atoms with E-state index >= 15 is 0 Å². The molecule has 2 aromatic carbocycles. The van der Waals surface area contributed by atoms with Crippen LogP contribution in [0.25, 0.3) is 0 Å². The summed E-state index contributed by atoms with van der Waals surface area (Å²) in [6, 6.07) is 15.2. The number of H-pyrrole nitrogens is 1. The van der Waals surface area contributed by atoms with Crippen LogP contribution >= 0.6 is 0 Å². The molecular formula is C24H23F3N8O. The lowest BCUT2D eigenvalue weighted by atomic mass is 10.2. The van der Waals surface area contributed by atoms with Crippen molar-refractivity contribution in [2.24, 2.45) is 0 Å². The molecule has 5 rings (SSSR count). The molecule has 2 aromatic heterocycles. The molecule has 0 radical (unpaired) electrons. The Morgan fingerprint density at radius 1 is 0.917 bits per heavy atom. The molecule has 1 atom stereocenters. The van der Waals surface area contributed by atoms with Crippen LogP contribution in [0.5, 0.6) is 0 Å². The number of nitrogens with zero attached hydrogens (tertiary/aromatic N) is 3. The van der Waals surface area contributed by atoms with Gasteiger partial charge in [-0.05, 0) is 55.3 Å². The topological polar surface area (TPSA) is 123 Å². The van der Waals surface area contributed by atoms with Crippen molar-refractivity contribution in [2.45, 2.75) is 31.3 Å². The molecule has 186 valence electrons. The monoisotopic (exact) mass is 496 g/mol. The normalized spacial score (nSPS) is 14.2. The van der Waals surface area contributed by atoms with Crippen molar-refractivity contribution in [1.29, 1.82) is 0 Å². The number of halogens is 3. The van der Waals surface area contributed by atoms with E-state index in [0.29, 0.717) is 29.1 Å². The standard InChI is InChI=1S/C24H23F3N8O/c25-24(26,27)15-3-1-4-16(11-15)30-23(36)31-18-6-2-5-17(12-18)29-22-28-10-9-20(33-22)32-21-13-19(34-35-21)14-7-8-14/h1-6,9-14,23,30-31,36H,7-8H2,(H3,28,29,32,33,34,35)/t23-/m0/s1. The lowest BCUT2D eigenvalue weighted by Gasteiger charge is -2.18. The minimum absolute atomic E-state index is 0.123. The quantitative estimate of drug-likeness (QED) is 0.171. The summed E-state index contributed by atoms with van der Waals surface area (Å²) in [5.74, 6) is 2.21. The summed E-state index contributed by atoms with van der Waals surface area (Å²) in [7, 11) is 0. The first kappa shape index (κ1) is 23.4. The summed E-state index contributed by atoms with van der Waals surface area (Å²) in [5.41, 5.74) is 1.52. The highest BCUT2D eigenvalue weighted by Crippen LogP contribution is 2.39. The van der Waals surface area contributed by atoms with Crippen LogP contribution in [0.2, 0.25) is 0 Å². The molecule has 0 aliphatic heterocycles. The molecule has 1 aliphatic rings. The van der Waals surface area contributed by atoms with Gasteiger partial charge >= 0.3 is 6.18 Å². The summed E-state index contributed by atoms with van der Waals surface area (Å²) in [4.78, 5) is 8.68.